The number of rotatable bonds is 1. The summed E-state index contributed by atoms with van der Waals surface area (Å²) in [6.07, 6.45) is 4.22. The van der Waals surface area contributed by atoms with E-state index in [1.807, 2.05) is 25.1 Å². The van der Waals surface area contributed by atoms with Crippen molar-refractivity contribution in [1.29, 1.82) is 10.5 Å². The van der Waals surface area contributed by atoms with Gasteiger partial charge in [0.05, 0.1) is 18.6 Å². The molecule has 0 aliphatic carbocycles. The summed E-state index contributed by atoms with van der Waals surface area (Å²) in [5.74, 6) is 0. The fraction of sp³-hybridized carbons (Fsp3) is 0.429. The Bertz CT molecular complexity index is 134. The number of hydrogen-bond acceptors (Lipinski definition) is 2. The van der Waals surface area contributed by atoms with Gasteiger partial charge in [-0.3, -0.25) is 0 Å². The Morgan fingerprint density at radius 2 is 1.89 bits per heavy atom. The number of allylic oxidation sites excluding steroid dienone is 2. The van der Waals surface area contributed by atoms with E-state index in [9.17, 15) is 0 Å². The molecule has 0 aromatic rings. The highest BCUT2D eigenvalue weighted by Crippen LogP contribution is 1.74. The van der Waals surface area contributed by atoms with E-state index in [4.69, 9.17) is 10.5 Å². The van der Waals surface area contributed by atoms with Crippen molar-refractivity contribution >= 4 is 0 Å². The minimum Gasteiger partial charge on any atom is -0.199 e. The topological polar surface area (TPSA) is 47.6 Å². The van der Waals surface area contributed by atoms with Crippen LogP contribution in [0.1, 0.15) is 20.3 Å². The molecule has 0 radical (unpaired) electrons. The van der Waals surface area contributed by atoms with Crippen LogP contribution in [0.3, 0.4) is 0 Å². The summed E-state index contributed by atoms with van der Waals surface area (Å²) in [6, 6.07) is 3.73. The van der Waals surface area contributed by atoms with Gasteiger partial charge in [-0.25, -0.2) is 0 Å². The molecule has 0 unspecified atom stereocenters. The van der Waals surface area contributed by atoms with Gasteiger partial charge in [-0.05, 0) is 6.92 Å². The van der Waals surface area contributed by atoms with Crippen LogP contribution in [-0.4, -0.2) is 0 Å². The Hall–Kier alpha value is -1.28. The minimum absolute atomic E-state index is 0.538. The fourth-order valence-corrected chi connectivity index (χ4v) is 0.171. The van der Waals surface area contributed by atoms with Crippen LogP contribution in [0, 0.1) is 22.7 Å². The second-order valence-electron chi connectivity index (χ2n) is 1.15. The van der Waals surface area contributed by atoms with E-state index < -0.39 is 0 Å². The van der Waals surface area contributed by atoms with Crippen LogP contribution in [0.5, 0.6) is 0 Å². The van der Waals surface area contributed by atoms with Crippen LogP contribution in [0.25, 0.3) is 0 Å². The molecule has 0 aliphatic rings. The molecule has 48 valence electrons. The number of hydrogen-bond donors (Lipinski definition) is 0. The average Bonchev–Trinajstić information content (AvgIpc) is 1.86. The molecule has 0 amide bonds. The largest absolute Gasteiger partial charge is 0.199 e. The van der Waals surface area contributed by atoms with Gasteiger partial charge in [0.25, 0.3) is 0 Å². The van der Waals surface area contributed by atoms with Gasteiger partial charge in [0.15, 0.2) is 0 Å². The lowest BCUT2D eigenvalue weighted by Gasteiger charge is -1.63. The lowest BCUT2D eigenvalue weighted by molar-refractivity contribution is 1.34. The summed E-state index contributed by atoms with van der Waals surface area (Å²) < 4.78 is 0. The maximum atomic E-state index is 7.90. The van der Waals surface area contributed by atoms with Gasteiger partial charge in [-0.2, -0.15) is 10.5 Å². The van der Waals surface area contributed by atoms with Crippen molar-refractivity contribution < 1.29 is 0 Å². The first-order chi connectivity index (χ1) is 4.33. The molecule has 0 bridgehead atoms. The van der Waals surface area contributed by atoms with Crippen molar-refractivity contribution in [2.75, 3.05) is 0 Å². The molecule has 0 saturated carbocycles. The van der Waals surface area contributed by atoms with Gasteiger partial charge in [0, 0.05) is 6.92 Å². The zero-order chi connectivity index (χ0) is 7.54. The molecule has 0 fully saturated rings. The monoisotopic (exact) mass is 122 g/mol. The number of nitriles is 2. The normalized spacial score (nSPS) is 6.67. The quantitative estimate of drug-likeness (QED) is 0.499. The molecule has 0 spiro atoms. The van der Waals surface area contributed by atoms with Crippen LogP contribution in [0.4, 0.5) is 0 Å². The minimum atomic E-state index is 0.538. The summed E-state index contributed by atoms with van der Waals surface area (Å²) in [7, 11) is 0. The predicted molar refractivity (Wildman–Crippen MR) is 36.3 cm³/mol. The maximum absolute atomic E-state index is 7.90. The van der Waals surface area contributed by atoms with Crippen molar-refractivity contribution in [3.63, 3.8) is 0 Å². The van der Waals surface area contributed by atoms with Crippen LogP contribution in [0.2, 0.25) is 0 Å². The van der Waals surface area contributed by atoms with E-state index in [0.29, 0.717) is 6.42 Å². The van der Waals surface area contributed by atoms with E-state index in [0.717, 1.165) is 0 Å². The van der Waals surface area contributed by atoms with Gasteiger partial charge in [-0.1, -0.05) is 12.2 Å². The molecule has 0 heterocycles. The second-order valence-corrected chi connectivity index (χ2v) is 1.15. The zero-order valence-electron chi connectivity index (χ0n) is 5.76. The Kier molecular flexibility index (Phi) is 18.8. The molecular weight excluding hydrogens is 112 g/mol. The molecule has 2 nitrogen and oxygen atoms in total. The third-order valence-corrected chi connectivity index (χ3v) is 0.445. The van der Waals surface area contributed by atoms with Crippen LogP contribution in [0.15, 0.2) is 12.2 Å². The van der Waals surface area contributed by atoms with Crippen molar-refractivity contribution in [3.05, 3.63) is 12.2 Å². The van der Waals surface area contributed by atoms with Crippen LogP contribution < -0.4 is 0 Å². The van der Waals surface area contributed by atoms with Crippen molar-refractivity contribution in [1.82, 2.24) is 0 Å². The first-order valence-corrected chi connectivity index (χ1v) is 2.62. The summed E-state index contributed by atoms with van der Waals surface area (Å²) in [5, 5.41) is 15.2. The van der Waals surface area contributed by atoms with Crippen LogP contribution in [-0.2, 0) is 0 Å². The van der Waals surface area contributed by atoms with Crippen molar-refractivity contribution in [2.45, 2.75) is 20.3 Å². The Morgan fingerprint density at radius 1 is 1.44 bits per heavy atom. The average molecular weight is 122 g/mol. The zero-order valence-corrected chi connectivity index (χ0v) is 5.76. The van der Waals surface area contributed by atoms with Gasteiger partial charge in [0.2, 0.25) is 0 Å². The number of nitrogens with zero attached hydrogens (tertiary/aromatic N) is 2. The van der Waals surface area contributed by atoms with E-state index in [1.54, 1.807) is 6.07 Å². The lowest BCUT2D eigenvalue weighted by Crippen LogP contribution is -1.49. The third-order valence-electron chi connectivity index (χ3n) is 0.445. The van der Waals surface area contributed by atoms with E-state index in [-0.39, 0.29) is 0 Å². The summed E-state index contributed by atoms with van der Waals surface area (Å²) >= 11 is 0. The van der Waals surface area contributed by atoms with Crippen molar-refractivity contribution in [2.24, 2.45) is 0 Å². The molecule has 0 aliphatic heterocycles. The molecule has 2 heteroatoms. The first kappa shape index (κ1) is 10.7. The summed E-state index contributed by atoms with van der Waals surface area (Å²) in [4.78, 5) is 0. The maximum Gasteiger partial charge on any atom is 0.0663 e. The van der Waals surface area contributed by atoms with Gasteiger partial charge in [-0.15, -0.1) is 0 Å². The summed E-state index contributed by atoms with van der Waals surface area (Å²) in [5.41, 5.74) is 0. The molecular formula is C7H10N2. The summed E-state index contributed by atoms with van der Waals surface area (Å²) in [6.45, 7) is 3.33. The van der Waals surface area contributed by atoms with Gasteiger partial charge < -0.3 is 0 Å². The van der Waals surface area contributed by atoms with E-state index >= 15 is 0 Å². The highest BCUT2D eigenvalue weighted by atomic mass is 14.2. The molecule has 0 rings (SSSR count). The fourth-order valence-electron chi connectivity index (χ4n) is 0.171. The van der Waals surface area contributed by atoms with E-state index in [2.05, 4.69) is 0 Å². The molecule has 0 N–H and O–H groups in total. The Balaban J connectivity index is 0. The highest BCUT2D eigenvalue weighted by molar-refractivity contribution is 4.87. The predicted octanol–water partition coefficient (Wildman–Crippen LogP) is 2.01. The molecule has 9 heavy (non-hydrogen) atoms. The SMILES string of the molecule is C/C=C\CC#N.CC#N. The molecule has 0 aromatic carbocycles. The molecule has 0 aromatic heterocycles. The van der Waals surface area contributed by atoms with Crippen molar-refractivity contribution in [3.8, 4) is 12.1 Å². The first-order valence-electron chi connectivity index (χ1n) is 2.62. The molecule has 0 saturated heterocycles. The smallest absolute Gasteiger partial charge is 0.0663 e. The van der Waals surface area contributed by atoms with E-state index in [1.165, 1.54) is 6.92 Å². The Labute approximate surface area is 56.0 Å². The third kappa shape index (κ3) is 50.6. The van der Waals surface area contributed by atoms with Gasteiger partial charge >= 0.3 is 0 Å². The van der Waals surface area contributed by atoms with Gasteiger partial charge in [0.1, 0.15) is 0 Å². The highest BCUT2D eigenvalue weighted by Gasteiger charge is 1.61. The Morgan fingerprint density at radius 3 is 2.00 bits per heavy atom. The van der Waals surface area contributed by atoms with Crippen LogP contribution >= 0.6 is 0 Å². The lowest BCUT2D eigenvalue weighted by atomic mass is 10.4. The second kappa shape index (κ2) is 15.9. The standard InChI is InChI=1S/C5H7N.C2H3N/c1-2-3-4-5-6;1-2-3/h2-3H,4H2,1H3;1H3/b3-2-;. The molecule has 0 atom stereocenters.